The molecule has 4 aromatic rings. The maximum absolute atomic E-state index is 12.6. The number of hydrogen-bond donors (Lipinski definition) is 2. The van der Waals surface area contributed by atoms with Crippen molar-refractivity contribution in [3.8, 4) is 11.4 Å². The lowest BCUT2D eigenvalue weighted by molar-refractivity contribution is -0.113. The normalized spacial score (nSPS) is 10.8. The molecule has 0 atom stereocenters. The molecule has 3 aromatic carbocycles. The molecule has 4 rings (SSSR count). The van der Waals surface area contributed by atoms with Crippen LogP contribution in [0.25, 0.3) is 5.69 Å². The van der Waals surface area contributed by atoms with E-state index >= 15 is 0 Å². The van der Waals surface area contributed by atoms with Crippen molar-refractivity contribution in [1.82, 2.24) is 14.8 Å². The Morgan fingerprint density at radius 3 is 2.49 bits per heavy atom. The van der Waals surface area contributed by atoms with Crippen molar-refractivity contribution in [1.29, 1.82) is 0 Å². The number of carbonyl (C=O) groups is 2. The number of primary amides is 1. The minimum Gasteiger partial charge on any atom is -0.484 e. The van der Waals surface area contributed by atoms with Crippen LogP contribution in [0.5, 0.6) is 5.75 Å². The molecule has 11 heteroatoms. The van der Waals surface area contributed by atoms with E-state index in [0.717, 1.165) is 16.8 Å². The topological polar surface area (TPSA) is 112 Å². The molecule has 37 heavy (non-hydrogen) atoms. The second-order valence-corrected chi connectivity index (χ2v) is 9.95. The minimum atomic E-state index is -0.530. The summed E-state index contributed by atoms with van der Waals surface area (Å²) in [6.07, 6.45) is 0. The molecule has 190 valence electrons. The third-order valence-electron chi connectivity index (χ3n) is 5.34. The molecule has 0 aliphatic heterocycles. The van der Waals surface area contributed by atoms with Gasteiger partial charge in [0.2, 0.25) is 11.8 Å². The average Bonchev–Trinajstić information content (AvgIpc) is 3.26. The molecule has 1 heterocycles. The number of benzene rings is 3. The summed E-state index contributed by atoms with van der Waals surface area (Å²) in [7, 11) is 0. The third kappa shape index (κ3) is 6.62. The summed E-state index contributed by atoms with van der Waals surface area (Å²) in [5.41, 5.74) is 9.14. The average molecular weight is 556 g/mol. The number of amides is 2. The number of anilines is 1. The van der Waals surface area contributed by atoms with Crippen molar-refractivity contribution in [2.75, 3.05) is 11.1 Å². The number of carbonyl (C=O) groups excluding carboxylic acids is 2. The molecule has 0 fully saturated rings. The Bertz CT molecular complexity index is 1460. The van der Waals surface area contributed by atoms with Gasteiger partial charge in [0.15, 0.2) is 11.0 Å². The number of hydrogen-bond acceptors (Lipinski definition) is 6. The van der Waals surface area contributed by atoms with Crippen LogP contribution in [0.15, 0.2) is 65.8 Å². The van der Waals surface area contributed by atoms with Gasteiger partial charge in [0.05, 0.1) is 16.5 Å². The van der Waals surface area contributed by atoms with E-state index in [4.69, 9.17) is 33.7 Å². The van der Waals surface area contributed by atoms with E-state index in [2.05, 4.69) is 15.5 Å². The quantitative estimate of drug-likeness (QED) is 0.260. The molecule has 8 nitrogen and oxygen atoms in total. The van der Waals surface area contributed by atoms with Crippen molar-refractivity contribution in [3.63, 3.8) is 0 Å². The number of halogens is 2. The summed E-state index contributed by atoms with van der Waals surface area (Å²) in [6, 6.07) is 17.4. The summed E-state index contributed by atoms with van der Waals surface area (Å²) in [4.78, 5) is 23.9. The molecular formula is C26H23Cl2N5O3S. The van der Waals surface area contributed by atoms with E-state index in [1.165, 1.54) is 11.8 Å². The highest BCUT2D eigenvalue weighted by atomic mass is 35.5. The fourth-order valence-electron chi connectivity index (χ4n) is 3.47. The largest absolute Gasteiger partial charge is 0.484 e. The lowest BCUT2D eigenvalue weighted by Gasteiger charge is -2.14. The highest BCUT2D eigenvalue weighted by Gasteiger charge is 2.19. The van der Waals surface area contributed by atoms with Crippen molar-refractivity contribution >= 4 is 52.5 Å². The van der Waals surface area contributed by atoms with Crippen molar-refractivity contribution in [2.45, 2.75) is 25.6 Å². The van der Waals surface area contributed by atoms with E-state index in [1.807, 2.05) is 36.6 Å². The number of nitrogens with two attached hydrogens (primary N) is 1. The second kappa shape index (κ2) is 11.7. The van der Waals surface area contributed by atoms with E-state index in [0.29, 0.717) is 38.0 Å². The third-order valence-corrected chi connectivity index (χ3v) is 6.80. The number of rotatable bonds is 9. The smallest absolute Gasteiger partial charge is 0.248 e. The first-order valence-corrected chi connectivity index (χ1v) is 12.9. The molecular weight excluding hydrogens is 533 g/mol. The Hall–Kier alpha value is -3.53. The molecule has 0 saturated heterocycles. The van der Waals surface area contributed by atoms with Gasteiger partial charge in [0.1, 0.15) is 12.4 Å². The number of nitrogens with zero attached hydrogens (tertiary/aromatic N) is 3. The summed E-state index contributed by atoms with van der Waals surface area (Å²) < 4.78 is 7.80. The molecule has 0 radical (unpaired) electrons. The first kappa shape index (κ1) is 26.5. The molecule has 0 unspecified atom stereocenters. The lowest BCUT2D eigenvalue weighted by atomic mass is 10.1. The number of aromatic nitrogens is 3. The van der Waals surface area contributed by atoms with Gasteiger partial charge in [0.25, 0.3) is 0 Å². The highest BCUT2D eigenvalue weighted by Crippen LogP contribution is 2.30. The van der Waals surface area contributed by atoms with E-state index in [-0.39, 0.29) is 18.3 Å². The monoisotopic (exact) mass is 555 g/mol. The van der Waals surface area contributed by atoms with Gasteiger partial charge in [-0.15, -0.1) is 10.2 Å². The summed E-state index contributed by atoms with van der Waals surface area (Å²) >= 11 is 13.5. The first-order chi connectivity index (χ1) is 17.7. The molecule has 0 bridgehead atoms. The Balaban J connectivity index is 1.54. The summed E-state index contributed by atoms with van der Waals surface area (Å²) in [6.45, 7) is 4.09. The minimum absolute atomic E-state index is 0.0877. The number of thioether (sulfide) groups is 1. The van der Waals surface area contributed by atoms with Crippen LogP contribution in [0.3, 0.4) is 0 Å². The van der Waals surface area contributed by atoms with Crippen LogP contribution >= 0.6 is 35.0 Å². The number of ether oxygens (including phenoxy) is 1. The van der Waals surface area contributed by atoms with Crippen LogP contribution in [0.2, 0.25) is 10.0 Å². The van der Waals surface area contributed by atoms with Crippen molar-refractivity contribution < 1.29 is 14.3 Å². The first-order valence-electron chi connectivity index (χ1n) is 11.1. The Morgan fingerprint density at radius 1 is 1.03 bits per heavy atom. The van der Waals surface area contributed by atoms with E-state index < -0.39 is 5.91 Å². The van der Waals surface area contributed by atoms with Gasteiger partial charge in [-0.05, 0) is 73.5 Å². The summed E-state index contributed by atoms with van der Waals surface area (Å²) in [5, 5.41) is 12.9. The number of aryl methyl sites for hydroxylation is 2. The molecule has 3 N–H and O–H groups in total. The van der Waals surface area contributed by atoms with E-state index in [1.54, 1.807) is 42.5 Å². The zero-order valence-corrected chi connectivity index (χ0v) is 22.3. The maximum atomic E-state index is 12.6. The predicted molar refractivity (Wildman–Crippen MR) is 146 cm³/mol. The zero-order chi connectivity index (χ0) is 26.5. The Kier molecular flexibility index (Phi) is 8.38. The van der Waals surface area contributed by atoms with Gasteiger partial charge in [-0.25, -0.2) is 0 Å². The van der Waals surface area contributed by atoms with Crippen LogP contribution in [0, 0.1) is 13.8 Å². The van der Waals surface area contributed by atoms with Crippen LogP contribution in [-0.4, -0.2) is 32.3 Å². The van der Waals surface area contributed by atoms with Crippen LogP contribution in [-0.2, 0) is 11.4 Å². The molecule has 0 aliphatic rings. The van der Waals surface area contributed by atoms with Gasteiger partial charge in [-0.3, -0.25) is 14.2 Å². The fraction of sp³-hybridized carbons (Fsp3) is 0.154. The van der Waals surface area contributed by atoms with Gasteiger partial charge in [0, 0.05) is 16.3 Å². The molecule has 0 saturated carbocycles. The van der Waals surface area contributed by atoms with Crippen LogP contribution in [0.1, 0.15) is 27.3 Å². The predicted octanol–water partition coefficient (Wildman–Crippen LogP) is 5.60. The second-order valence-electron chi connectivity index (χ2n) is 8.17. The van der Waals surface area contributed by atoms with Gasteiger partial charge in [-0.2, -0.15) is 0 Å². The fourth-order valence-corrected chi connectivity index (χ4v) is 4.70. The lowest BCUT2D eigenvalue weighted by Crippen LogP contribution is -2.15. The van der Waals surface area contributed by atoms with E-state index in [9.17, 15) is 9.59 Å². The molecule has 1 aromatic heterocycles. The van der Waals surface area contributed by atoms with Gasteiger partial charge < -0.3 is 15.8 Å². The van der Waals surface area contributed by atoms with Crippen LogP contribution in [0.4, 0.5) is 5.69 Å². The molecule has 0 spiro atoms. The van der Waals surface area contributed by atoms with Gasteiger partial charge >= 0.3 is 0 Å². The zero-order valence-electron chi connectivity index (χ0n) is 20.0. The molecule has 2 amide bonds. The van der Waals surface area contributed by atoms with Gasteiger partial charge in [-0.1, -0.05) is 47.1 Å². The van der Waals surface area contributed by atoms with Crippen molar-refractivity contribution in [3.05, 3.63) is 93.2 Å². The number of nitrogens with one attached hydrogen (secondary N) is 1. The van der Waals surface area contributed by atoms with Crippen LogP contribution < -0.4 is 15.8 Å². The Morgan fingerprint density at radius 2 is 1.78 bits per heavy atom. The SMILES string of the molecule is Cc1ccc(C)c(-n2c(COc3ccc(Cl)cc3Cl)nnc2SCC(=O)Nc2ccc(C(N)=O)cc2)c1. The Labute approximate surface area is 228 Å². The standard InChI is InChI=1S/C26H23Cl2N5O3S/c1-15-3-4-16(2)21(11-15)33-23(13-36-22-10-7-18(27)12-20(22)28)31-32-26(33)37-14-24(34)30-19-8-5-17(6-9-19)25(29)35/h3-12H,13-14H2,1-2H3,(H2,29,35)(H,30,34). The highest BCUT2D eigenvalue weighted by molar-refractivity contribution is 7.99. The van der Waals surface area contributed by atoms with Crippen molar-refractivity contribution in [2.24, 2.45) is 5.73 Å². The molecule has 0 aliphatic carbocycles. The maximum Gasteiger partial charge on any atom is 0.248 e. The summed E-state index contributed by atoms with van der Waals surface area (Å²) in [5.74, 6) is 0.336.